The third-order valence-electron chi connectivity index (χ3n) is 3.53. The average molecular weight is 326 g/mol. The van der Waals surface area contributed by atoms with Crippen LogP contribution in [0.1, 0.15) is 41.8 Å². The van der Waals surface area contributed by atoms with Gasteiger partial charge in [0.15, 0.2) is 5.82 Å². The van der Waals surface area contributed by atoms with E-state index in [2.05, 4.69) is 25.9 Å². The van der Waals surface area contributed by atoms with Crippen LogP contribution in [-0.2, 0) is 6.54 Å². The number of amides is 1. The number of tetrazole rings is 1. The van der Waals surface area contributed by atoms with E-state index in [1.165, 1.54) is 11.1 Å². The third-order valence-corrected chi connectivity index (χ3v) is 3.53. The molecule has 1 N–H and O–H groups in total. The first-order valence-electron chi connectivity index (χ1n) is 7.66. The molecule has 8 nitrogen and oxygen atoms in total. The largest absolute Gasteiger partial charge is 0.364 e. The molecule has 0 saturated heterocycles. The number of nitrogens with zero attached hydrogens (tertiary/aromatic N) is 5. The van der Waals surface area contributed by atoms with E-state index >= 15 is 0 Å². The lowest BCUT2D eigenvalue weighted by atomic mass is 10.0. The van der Waals surface area contributed by atoms with Gasteiger partial charge in [-0.15, -0.1) is 10.2 Å². The highest BCUT2D eigenvalue weighted by Crippen LogP contribution is 2.18. The molecule has 0 aliphatic rings. The number of rotatable bonds is 6. The van der Waals surface area contributed by atoms with Gasteiger partial charge in [0.1, 0.15) is 18.5 Å². The summed E-state index contributed by atoms with van der Waals surface area (Å²) >= 11 is 0. The summed E-state index contributed by atoms with van der Waals surface area (Å²) < 4.78 is 4.78. The lowest BCUT2D eigenvalue weighted by Crippen LogP contribution is -2.32. The molecule has 124 valence electrons. The number of carbonyl (C=O) groups excluding carboxylic acids is 1. The summed E-state index contributed by atoms with van der Waals surface area (Å²) in [4.78, 5) is 13.8. The Labute approximate surface area is 138 Å². The molecular weight excluding hydrogens is 308 g/mol. The minimum atomic E-state index is -0.330. The van der Waals surface area contributed by atoms with Crippen LogP contribution >= 0.6 is 0 Å². The van der Waals surface area contributed by atoms with Crippen LogP contribution in [0, 0.1) is 5.92 Å². The van der Waals surface area contributed by atoms with Crippen molar-refractivity contribution in [2.24, 2.45) is 5.92 Å². The lowest BCUT2D eigenvalue weighted by Gasteiger charge is -2.19. The fourth-order valence-corrected chi connectivity index (χ4v) is 2.25. The van der Waals surface area contributed by atoms with Gasteiger partial charge in [0, 0.05) is 11.6 Å². The van der Waals surface area contributed by atoms with Crippen LogP contribution in [0.3, 0.4) is 0 Å². The Morgan fingerprint density at radius 3 is 2.71 bits per heavy atom. The highest BCUT2D eigenvalue weighted by molar-refractivity contribution is 5.94. The van der Waals surface area contributed by atoms with Crippen molar-refractivity contribution in [2.45, 2.75) is 26.4 Å². The summed E-state index contributed by atoms with van der Waals surface area (Å²) in [7, 11) is 0. The highest BCUT2D eigenvalue weighted by Gasteiger charge is 2.23. The number of benzene rings is 1. The zero-order valence-electron chi connectivity index (χ0n) is 13.5. The van der Waals surface area contributed by atoms with Gasteiger partial charge in [-0.3, -0.25) is 4.79 Å². The molecular formula is C16H18N6O2. The molecule has 1 amide bonds. The Morgan fingerprint density at radius 2 is 2.04 bits per heavy atom. The second-order valence-electron chi connectivity index (χ2n) is 5.73. The summed E-state index contributed by atoms with van der Waals surface area (Å²) in [5.41, 5.74) is 1.30. The van der Waals surface area contributed by atoms with Crippen molar-refractivity contribution in [2.75, 3.05) is 0 Å². The molecule has 2 heterocycles. The van der Waals surface area contributed by atoms with Gasteiger partial charge in [-0.05, 0) is 23.3 Å². The van der Waals surface area contributed by atoms with Crippen molar-refractivity contribution in [1.29, 1.82) is 0 Å². The molecule has 8 heteroatoms. The molecule has 0 aliphatic carbocycles. The van der Waals surface area contributed by atoms with Crippen molar-refractivity contribution in [3.8, 4) is 0 Å². The molecule has 1 atom stereocenters. The summed E-state index contributed by atoms with van der Waals surface area (Å²) in [5.74, 6) is 0.419. The Bertz CT molecular complexity index is 782. The van der Waals surface area contributed by atoms with Crippen LogP contribution in [0.15, 0.2) is 47.2 Å². The summed E-state index contributed by atoms with van der Waals surface area (Å²) in [6.07, 6.45) is 1.49. The predicted octanol–water partition coefficient (Wildman–Crippen LogP) is 1.84. The SMILES string of the molecule is CC(C)C(NC(=O)c1ccccc1)c1nnn(Cc2ccon2)n1. The Hall–Kier alpha value is -3.03. The summed E-state index contributed by atoms with van der Waals surface area (Å²) in [5, 5.41) is 19.2. The van der Waals surface area contributed by atoms with E-state index in [1.54, 1.807) is 18.2 Å². The van der Waals surface area contributed by atoms with Gasteiger partial charge in [0.2, 0.25) is 0 Å². The Morgan fingerprint density at radius 1 is 1.25 bits per heavy atom. The maximum atomic E-state index is 12.4. The normalized spacial score (nSPS) is 12.3. The van der Waals surface area contributed by atoms with Crippen molar-refractivity contribution < 1.29 is 9.32 Å². The molecule has 0 spiro atoms. The topological polar surface area (TPSA) is 98.7 Å². The zero-order valence-corrected chi connectivity index (χ0v) is 13.5. The minimum Gasteiger partial charge on any atom is -0.364 e. The molecule has 0 bridgehead atoms. The van der Waals surface area contributed by atoms with Crippen molar-refractivity contribution in [1.82, 2.24) is 30.7 Å². The lowest BCUT2D eigenvalue weighted by molar-refractivity contribution is 0.0923. The van der Waals surface area contributed by atoms with Crippen molar-refractivity contribution >= 4 is 5.91 Å². The van der Waals surface area contributed by atoms with Crippen molar-refractivity contribution in [3.05, 3.63) is 59.7 Å². The van der Waals surface area contributed by atoms with Crippen LogP contribution in [0.25, 0.3) is 0 Å². The first-order chi connectivity index (χ1) is 11.6. The van der Waals surface area contributed by atoms with Crippen molar-refractivity contribution in [3.63, 3.8) is 0 Å². The van der Waals surface area contributed by atoms with Gasteiger partial charge in [-0.2, -0.15) is 4.80 Å². The number of nitrogens with one attached hydrogen (secondary N) is 1. The molecule has 0 saturated carbocycles. The minimum absolute atomic E-state index is 0.113. The quantitative estimate of drug-likeness (QED) is 0.742. The molecule has 2 aromatic heterocycles. The maximum absolute atomic E-state index is 12.4. The molecule has 3 aromatic rings. The first-order valence-corrected chi connectivity index (χ1v) is 7.66. The molecule has 0 aliphatic heterocycles. The fraction of sp³-hybridized carbons (Fsp3) is 0.312. The predicted molar refractivity (Wildman–Crippen MR) is 84.9 cm³/mol. The van der Waals surface area contributed by atoms with Crippen LogP contribution in [-0.4, -0.2) is 31.3 Å². The number of hydrogen-bond acceptors (Lipinski definition) is 6. The van der Waals surface area contributed by atoms with Crippen LogP contribution in [0.2, 0.25) is 0 Å². The van der Waals surface area contributed by atoms with Gasteiger partial charge >= 0.3 is 0 Å². The van der Waals surface area contributed by atoms with Gasteiger partial charge in [0.25, 0.3) is 5.91 Å². The molecule has 1 aromatic carbocycles. The zero-order chi connectivity index (χ0) is 16.9. The van der Waals surface area contributed by atoms with Gasteiger partial charge in [-0.1, -0.05) is 37.2 Å². The summed E-state index contributed by atoms with van der Waals surface area (Å²) in [6.45, 7) is 4.35. The second-order valence-corrected chi connectivity index (χ2v) is 5.73. The van der Waals surface area contributed by atoms with E-state index in [1.807, 2.05) is 32.0 Å². The van der Waals surface area contributed by atoms with E-state index in [-0.39, 0.29) is 17.9 Å². The first kappa shape index (κ1) is 15.9. The van der Waals surface area contributed by atoms with E-state index in [9.17, 15) is 4.79 Å². The molecule has 0 fully saturated rings. The van der Waals surface area contributed by atoms with E-state index in [0.717, 1.165) is 0 Å². The monoisotopic (exact) mass is 326 g/mol. The number of hydrogen-bond donors (Lipinski definition) is 1. The maximum Gasteiger partial charge on any atom is 0.251 e. The molecule has 0 radical (unpaired) electrons. The standard InChI is InChI=1S/C16H18N6O2/c1-11(2)14(17-16(23)12-6-4-3-5-7-12)15-18-21-22(19-15)10-13-8-9-24-20-13/h3-9,11,14H,10H2,1-2H3,(H,17,23). The summed E-state index contributed by atoms with van der Waals surface area (Å²) in [6, 6.07) is 10.5. The van der Waals surface area contributed by atoms with E-state index < -0.39 is 0 Å². The smallest absolute Gasteiger partial charge is 0.251 e. The van der Waals surface area contributed by atoms with Gasteiger partial charge in [-0.25, -0.2) is 0 Å². The number of carbonyl (C=O) groups is 1. The number of aromatic nitrogens is 5. The van der Waals surface area contributed by atoms with Crippen LogP contribution in [0.5, 0.6) is 0 Å². The molecule has 3 rings (SSSR count). The molecule has 24 heavy (non-hydrogen) atoms. The third kappa shape index (κ3) is 3.65. The molecule has 1 unspecified atom stereocenters. The highest BCUT2D eigenvalue weighted by atomic mass is 16.5. The fourth-order valence-electron chi connectivity index (χ4n) is 2.25. The van der Waals surface area contributed by atoms with E-state index in [0.29, 0.717) is 23.6 Å². The Kier molecular flexibility index (Phi) is 4.64. The van der Waals surface area contributed by atoms with Gasteiger partial charge in [0.05, 0.1) is 6.04 Å². The van der Waals surface area contributed by atoms with Crippen LogP contribution in [0.4, 0.5) is 0 Å². The van der Waals surface area contributed by atoms with E-state index in [4.69, 9.17) is 4.52 Å². The second kappa shape index (κ2) is 7.03. The average Bonchev–Trinajstić information content (AvgIpc) is 3.25. The van der Waals surface area contributed by atoms with Crippen LogP contribution < -0.4 is 5.32 Å². The van der Waals surface area contributed by atoms with Gasteiger partial charge < -0.3 is 9.84 Å². The Balaban J connectivity index is 1.74.